The van der Waals surface area contributed by atoms with Gasteiger partial charge in [-0.05, 0) is 60.7 Å². The third kappa shape index (κ3) is 5.54. The normalized spacial score (nSPS) is 10.3. The van der Waals surface area contributed by atoms with Crippen molar-refractivity contribution in [2.75, 3.05) is 25.6 Å². The van der Waals surface area contributed by atoms with E-state index in [0.717, 1.165) is 23.7 Å². The summed E-state index contributed by atoms with van der Waals surface area (Å²) in [6.07, 6.45) is 2.22. The second-order valence-electron chi connectivity index (χ2n) is 5.68. The Morgan fingerprint density at radius 1 is 0.889 bits per heavy atom. The van der Waals surface area contributed by atoms with E-state index in [0.29, 0.717) is 18.9 Å². The highest BCUT2D eigenvalue weighted by molar-refractivity contribution is 6.02. The molecule has 6 nitrogen and oxygen atoms in total. The van der Waals surface area contributed by atoms with Crippen LogP contribution < -0.4 is 19.5 Å². The molecule has 3 rings (SSSR count). The predicted octanol–water partition coefficient (Wildman–Crippen LogP) is 4.39. The van der Waals surface area contributed by atoms with Crippen molar-refractivity contribution < 1.29 is 23.4 Å². The summed E-state index contributed by atoms with van der Waals surface area (Å²) in [6, 6.07) is 17.9. The molecule has 2 aromatic carbocycles. The molecule has 0 aliphatic carbocycles. The molecule has 3 aromatic rings. The molecule has 1 amide bonds. The number of methoxy groups -OCH3 is 1. The summed E-state index contributed by atoms with van der Waals surface area (Å²) in [6.45, 7) is 1.10. The predicted molar refractivity (Wildman–Crippen MR) is 102 cm³/mol. The smallest absolute Gasteiger partial charge is 0.291 e. The molecule has 0 saturated carbocycles. The van der Waals surface area contributed by atoms with Gasteiger partial charge in [0.15, 0.2) is 5.76 Å². The minimum Gasteiger partial charge on any atom is -0.497 e. The molecule has 0 fully saturated rings. The first-order chi connectivity index (χ1) is 13.2. The molecule has 1 aromatic heterocycles. The lowest BCUT2D eigenvalue weighted by Gasteiger charge is -2.09. The van der Waals surface area contributed by atoms with Crippen LogP contribution in [-0.4, -0.2) is 26.2 Å². The van der Waals surface area contributed by atoms with Crippen LogP contribution >= 0.6 is 0 Å². The van der Waals surface area contributed by atoms with E-state index in [2.05, 4.69) is 5.32 Å². The van der Waals surface area contributed by atoms with Gasteiger partial charge in [-0.15, -0.1) is 0 Å². The Labute approximate surface area is 157 Å². The highest BCUT2D eigenvalue weighted by atomic mass is 16.5. The van der Waals surface area contributed by atoms with Crippen LogP contribution in [0.25, 0.3) is 0 Å². The largest absolute Gasteiger partial charge is 0.497 e. The lowest BCUT2D eigenvalue weighted by molar-refractivity contribution is 0.0996. The van der Waals surface area contributed by atoms with E-state index < -0.39 is 0 Å². The van der Waals surface area contributed by atoms with E-state index in [4.69, 9.17) is 18.6 Å². The summed E-state index contributed by atoms with van der Waals surface area (Å²) in [5.41, 5.74) is 0.673. The Morgan fingerprint density at radius 3 is 2.04 bits per heavy atom. The zero-order valence-electron chi connectivity index (χ0n) is 15.0. The zero-order chi connectivity index (χ0) is 18.9. The number of rotatable bonds is 9. The maximum absolute atomic E-state index is 11.9. The Balaban J connectivity index is 1.36. The highest BCUT2D eigenvalue weighted by Gasteiger charge is 2.08. The van der Waals surface area contributed by atoms with Gasteiger partial charge in [-0.1, -0.05) is 0 Å². The molecule has 6 heteroatoms. The van der Waals surface area contributed by atoms with Crippen LogP contribution in [0.5, 0.6) is 17.2 Å². The van der Waals surface area contributed by atoms with Crippen LogP contribution in [0.2, 0.25) is 0 Å². The average Bonchev–Trinajstić information content (AvgIpc) is 3.24. The van der Waals surface area contributed by atoms with Gasteiger partial charge in [0.05, 0.1) is 26.6 Å². The van der Waals surface area contributed by atoms with E-state index in [1.54, 1.807) is 31.4 Å². The Morgan fingerprint density at radius 2 is 1.48 bits per heavy atom. The van der Waals surface area contributed by atoms with Crippen molar-refractivity contribution in [3.8, 4) is 17.2 Å². The van der Waals surface area contributed by atoms with Crippen LogP contribution in [-0.2, 0) is 0 Å². The van der Waals surface area contributed by atoms with Crippen LogP contribution in [0.1, 0.15) is 17.0 Å². The first kappa shape index (κ1) is 18.4. The van der Waals surface area contributed by atoms with E-state index in [9.17, 15) is 4.79 Å². The van der Waals surface area contributed by atoms with Gasteiger partial charge in [-0.3, -0.25) is 4.79 Å². The first-order valence-corrected chi connectivity index (χ1v) is 8.59. The third-order valence-corrected chi connectivity index (χ3v) is 3.74. The van der Waals surface area contributed by atoms with Gasteiger partial charge in [-0.25, -0.2) is 0 Å². The van der Waals surface area contributed by atoms with Gasteiger partial charge in [0.25, 0.3) is 5.91 Å². The average molecular weight is 367 g/mol. The van der Waals surface area contributed by atoms with Crippen molar-refractivity contribution in [3.63, 3.8) is 0 Å². The summed E-state index contributed by atoms with van der Waals surface area (Å²) < 4.78 is 21.5. The van der Waals surface area contributed by atoms with Crippen molar-refractivity contribution >= 4 is 11.6 Å². The Kier molecular flexibility index (Phi) is 6.35. The molecule has 0 saturated heterocycles. The molecule has 1 heterocycles. The number of carbonyl (C=O) groups excluding carboxylic acids is 1. The third-order valence-electron chi connectivity index (χ3n) is 3.74. The van der Waals surface area contributed by atoms with Gasteiger partial charge in [0.2, 0.25) is 0 Å². The molecule has 27 heavy (non-hydrogen) atoms. The fraction of sp³-hybridized carbons (Fsp3) is 0.190. The lowest BCUT2D eigenvalue weighted by Crippen LogP contribution is -2.10. The van der Waals surface area contributed by atoms with Crippen molar-refractivity contribution in [2.45, 2.75) is 6.42 Å². The summed E-state index contributed by atoms with van der Waals surface area (Å²) in [5, 5.41) is 2.76. The number of furan rings is 1. The second-order valence-corrected chi connectivity index (χ2v) is 5.68. The number of ether oxygens (including phenoxy) is 3. The van der Waals surface area contributed by atoms with Crippen LogP contribution in [0.15, 0.2) is 71.3 Å². The molecule has 1 N–H and O–H groups in total. The number of hydrogen-bond acceptors (Lipinski definition) is 5. The first-order valence-electron chi connectivity index (χ1n) is 8.59. The maximum Gasteiger partial charge on any atom is 0.291 e. The molecule has 0 aliphatic heterocycles. The summed E-state index contributed by atoms with van der Waals surface area (Å²) in [4.78, 5) is 11.9. The van der Waals surface area contributed by atoms with E-state index in [1.165, 1.54) is 6.26 Å². The number of carbonyl (C=O) groups is 1. The maximum atomic E-state index is 11.9. The minimum atomic E-state index is -0.288. The van der Waals surface area contributed by atoms with E-state index in [-0.39, 0.29) is 11.7 Å². The van der Waals surface area contributed by atoms with Crippen molar-refractivity contribution in [1.82, 2.24) is 0 Å². The molecule has 0 spiro atoms. The lowest BCUT2D eigenvalue weighted by atomic mass is 10.3. The standard InChI is InChI=1S/C21H21NO5/c1-24-17-9-11-19(12-10-17)26-15-3-14-25-18-7-5-16(6-8-18)22-21(23)20-4-2-13-27-20/h2,4-13H,3,14-15H2,1H3,(H,22,23). The molecule has 0 aliphatic rings. The van der Waals surface area contributed by atoms with Crippen molar-refractivity contribution in [3.05, 3.63) is 72.7 Å². The Hall–Kier alpha value is -3.41. The SMILES string of the molecule is COc1ccc(OCCCOc2ccc(NC(=O)c3ccco3)cc2)cc1. The molecule has 0 unspecified atom stereocenters. The topological polar surface area (TPSA) is 69.9 Å². The fourth-order valence-electron chi connectivity index (χ4n) is 2.35. The number of anilines is 1. The summed E-state index contributed by atoms with van der Waals surface area (Å²) in [7, 11) is 1.63. The van der Waals surface area contributed by atoms with Crippen LogP contribution in [0.4, 0.5) is 5.69 Å². The number of amides is 1. The number of benzene rings is 2. The quantitative estimate of drug-likeness (QED) is 0.568. The molecule has 0 atom stereocenters. The molecule has 140 valence electrons. The van der Waals surface area contributed by atoms with Gasteiger partial charge in [0.1, 0.15) is 17.2 Å². The van der Waals surface area contributed by atoms with Gasteiger partial charge in [0, 0.05) is 12.1 Å². The monoisotopic (exact) mass is 367 g/mol. The van der Waals surface area contributed by atoms with Crippen molar-refractivity contribution in [2.24, 2.45) is 0 Å². The minimum absolute atomic E-state index is 0.271. The molecule has 0 bridgehead atoms. The molecular weight excluding hydrogens is 346 g/mol. The van der Waals surface area contributed by atoms with Crippen LogP contribution in [0.3, 0.4) is 0 Å². The van der Waals surface area contributed by atoms with Gasteiger partial charge in [-0.2, -0.15) is 0 Å². The second kappa shape index (κ2) is 9.33. The zero-order valence-corrected chi connectivity index (χ0v) is 15.0. The highest BCUT2D eigenvalue weighted by Crippen LogP contribution is 2.18. The molecule has 0 radical (unpaired) electrons. The van der Waals surface area contributed by atoms with E-state index >= 15 is 0 Å². The van der Waals surface area contributed by atoms with Gasteiger partial charge < -0.3 is 23.9 Å². The fourth-order valence-corrected chi connectivity index (χ4v) is 2.35. The van der Waals surface area contributed by atoms with Gasteiger partial charge >= 0.3 is 0 Å². The Bertz CT molecular complexity index is 826. The molecular formula is C21H21NO5. The number of nitrogens with one attached hydrogen (secondary N) is 1. The summed E-state index contributed by atoms with van der Waals surface area (Å²) in [5.74, 6) is 2.31. The number of hydrogen-bond donors (Lipinski definition) is 1. The summed E-state index contributed by atoms with van der Waals surface area (Å²) >= 11 is 0. The van der Waals surface area contributed by atoms with Crippen molar-refractivity contribution in [1.29, 1.82) is 0 Å². The van der Waals surface area contributed by atoms with E-state index in [1.807, 2.05) is 36.4 Å². The van der Waals surface area contributed by atoms with Crippen LogP contribution in [0, 0.1) is 0 Å².